The summed E-state index contributed by atoms with van der Waals surface area (Å²) in [6.45, 7) is 4.17. The third-order valence-corrected chi connectivity index (χ3v) is 4.08. The predicted octanol–water partition coefficient (Wildman–Crippen LogP) is 2.08. The zero-order valence-corrected chi connectivity index (χ0v) is 11.0. The van der Waals surface area contributed by atoms with E-state index in [1.807, 2.05) is 0 Å². The van der Waals surface area contributed by atoms with E-state index >= 15 is 0 Å². The Kier molecular flexibility index (Phi) is 3.46. The van der Waals surface area contributed by atoms with E-state index in [0.717, 1.165) is 49.8 Å². The molecule has 0 amide bonds. The number of hydrogen-bond donors (Lipinski definition) is 1. The first-order valence-corrected chi connectivity index (χ1v) is 7.03. The van der Waals surface area contributed by atoms with Crippen molar-refractivity contribution in [3.63, 3.8) is 0 Å². The Morgan fingerprint density at radius 3 is 2.89 bits per heavy atom. The van der Waals surface area contributed by atoms with Crippen molar-refractivity contribution in [2.75, 3.05) is 6.54 Å². The molecule has 0 aromatic carbocycles. The Balaban J connectivity index is 1.72. The van der Waals surface area contributed by atoms with Crippen molar-refractivity contribution in [2.45, 2.75) is 51.7 Å². The van der Waals surface area contributed by atoms with Crippen LogP contribution in [0.4, 0.5) is 0 Å². The van der Waals surface area contributed by atoms with E-state index in [-0.39, 0.29) is 0 Å². The number of nitrogens with zero attached hydrogens (tertiary/aromatic N) is 2. The largest absolute Gasteiger partial charge is 0.474 e. The third kappa shape index (κ3) is 2.48. The van der Waals surface area contributed by atoms with Crippen LogP contribution in [0.25, 0.3) is 0 Å². The molecule has 2 heterocycles. The summed E-state index contributed by atoms with van der Waals surface area (Å²) in [6.07, 6.45) is 7.84. The molecule has 2 aliphatic rings. The van der Waals surface area contributed by atoms with Crippen LogP contribution in [0.2, 0.25) is 0 Å². The van der Waals surface area contributed by atoms with Crippen LogP contribution in [-0.4, -0.2) is 22.6 Å². The van der Waals surface area contributed by atoms with E-state index in [1.54, 1.807) is 6.33 Å². The number of ether oxygens (including phenoxy) is 1. The quantitative estimate of drug-likeness (QED) is 0.869. The van der Waals surface area contributed by atoms with Crippen molar-refractivity contribution < 1.29 is 4.74 Å². The molecule has 1 aromatic rings. The standard InChI is InChI=1S/C14H21N3O/c1-10-2-4-11(5-3-10)18-14-12-8-15-7-6-13(12)16-9-17-14/h9-11,15H,2-8H2,1H3. The van der Waals surface area contributed by atoms with Crippen LogP contribution in [0.3, 0.4) is 0 Å². The average Bonchev–Trinajstić information content (AvgIpc) is 2.42. The fourth-order valence-electron chi connectivity index (χ4n) is 2.85. The van der Waals surface area contributed by atoms with Crippen molar-refractivity contribution >= 4 is 0 Å². The molecule has 0 atom stereocenters. The van der Waals surface area contributed by atoms with Crippen molar-refractivity contribution in [1.82, 2.24) is 15.3 Å². The Hall–Kier alpha value is -1.16. The number of rotatable bonds is 2. The number of nitrogens with one attached hydrogen (secondary N) is 1. The summed E-state index contributed by atoms with van der Waals surface area (Å²) in [6, 6.07) is 0. The van der Waals surface area contributed by atoms with Gasteiger partial charge in [-0.1, -0.05) is 6.92 Å². The predicted molar refractivity (Wildman–Crippen MR) is 69.5 cm³/mol. The molecule has 0 radical (unpaired) electrons. The lowest BCUT2D eigenvalue weighted by Crippen LogP contribution is -2.28. The van der Waals surface area contributed by atoms with Crippen LogP contribution in [0, 0.1) is 5.92 Å². The van der Waals surface area contributed by atoms with Crippen LogP contribution in [0.15, 0.2) is 6.33 Å². The lowest BCUT2D eigenvalue weighted by Gasteiger charge is -2.28. The normalized spacial score (nSPS) is 27.6. The van der Waals surface area contributed by atoms with Gasteiger partial charge in [-0.2, -0.15) is 0 Å². The van der Waals surface area contributed by atoms with Gasteiger partial charge >= 0.3 is 0 Å². The first-order chi connectivity index (χ1) is 8.83. The first kappa shape index (κ1) is 11.9. The molecule has 18 heavy (non-hydrogen) atoms. The molecule has 0 unspecified atom stereocenters. The highest BCUT2D eigenvalue weighted by molar-refractivity contribution is 5.31. The van der Waals surface area contributed by atoms with Crippen molar-refractivity contribution in [3.05, 3.63) is 17.6 Å². The van der Waals surface area contributed by atoms with Gasteiger partial charge in [0.1, 0.15) is 12.4 Å². The summed E-state index contributed by atoms with van der Waals surface area (Å²) in [5.41, 5.74) is 2.32. The third-order valence-electron chi connectivity index (χ3n) is 4.08. The van der Waals surface area contributed by atoms with Gasteiger partial charge in [0.25, 0.3) is 0 Å². The van der Waals surface area contributed by atoms with E-state index in [2.05, 4.69) is 22.2 Å². The van der Waals surface area contributed by atoms with Gasteiger partial charge in [-0.3, -0.25) is 0 Å². The fraction of sp³-hybridized carbons (Fsp3) is 0.714. The molecule has 98 valence electrons. The van der Waals surface area contributed by atoms with Gasteiger partial charge in [-0.05, 0) is 31.6 Å². The van der Waals surface area contributed by atoms with Gasteiger partial charge in [-0.25, -0.2) is 9.97 Å². The summed E-state index contributed by atoms with van der Waals surface area (Å²) in [5, 5.41) is 3.37. The molecule has 0 bridgehead atoms. The maximum absolute atomic E-state index is 6.11. The zero-order valence-electron chi connectivity index (χ0n) is 11.0. The summed E-state index contributed by atoms with van der Waals surface area (Å²) in [5.74, 6) is 1.66. The van der Waals surface area contributed by atoms with Gasteiger partial charge in [0, 0.05) is 25.1 Å². The average molecular weight is 247 g/mol. The summed E-state index contributed by atoms with van der Waals surface area (Å²) < 4.78 is 6.11. The molecule has 1 fully saturated rings. The molecule has 1 aliphatic heterocycles. The van der Waals surface area contributed by atoms with Crippen LogP contribution >= 0.6 is 0 Å². The maximum Gasteiger partial charge on any atom is 0.221 e. The SMILES string of the molecule is CC1CCC(Oc2ncnc3c2CNCC3)CC1. The smallest absolute Gasteiger partial charge is 0.221 e. The molecule has 1 aliphatic carbocycles. The first-order valence-electron chi connectivity index (χ1n) is 7.03. The zero-order chi connectivity index (χ0) is 12.4. The minimum Gasteiger partial charge on any atom is -0.474 e. The van der Waals surface area contributed by atoms with Crippen LogP contribution in [0.1, 0.15) is 43.9 Å². The molecule has 0 saturated heterocycles. The van der Waals surface area contributed by atoms with Crippen LogP contribution < -0.4 is 10.1 Å². The molecule has 1 aromatic heterocycles. The molecule has 4 heteroatoms. The number of hydrogen-bond acceptors (Lipinski definition) is 4. The highest BCUT2D eigenvalue weighted by Gasteiger charge is 2.23. The van der Waals surface area contributed by atoms with E-state index < -0.39 is 0 Å². The minimum atomic E-state index is 0.349. The van der Waals surface area contributed by atoms with Gasteiger partial charge in [-0.15, -0.1) is 0 Å². The summed E-state index contributed by atoms with van der Waals surface area (Å²) >= 11 is 0. The van der Waals surface area contributed by atoms with Gasteiger partial charge in [0.15, 0.2) is 0 Å². The molecule has 3 rings (SSSR count). The van der Waals surface area contributed by atoms with Crippen molar-refractivity contribution in [1.29, 1.82) is 0 Å². The van der Waals surface area contributed by atoms with Crippen molar-refractivity contribution in [3.8, 4) is 5.88 Å². The summed E-state index contributed by atoms with van der Waals surface area (Å²) in [7, 11) is 0. The Morgan fingerprint density at radius 2 is 2.06 bits per heavy atom. The molecule has 4 nitrogen and oxygen atoms in total. The number of fused-ring (bicyclic) bond motifs is 1. The van der Waals surface area contributed by atoms with Gasteiger partial charge in [0.2, 0.25) is 5.88 Å². The molecule has 1 N–H and O–H groups in total. The molecule has 0 spiro atoms. The second-order valence-electron chi connectivity index (χ2n) is 5.53. The Labute approximate surface area is 108 Å². The monoisotopic (exact) mass is 247 g/mol. The Bertz CT molecular complexity index is 414. The fourth-order valence-corrected chi connectivity index (χ4v) is 2.85. The number of aromatic nitrogens is 2. The van der Waals surface area contributed by atoms with Gasteiger partial charge in [0.05, 0.1) is 5.69 Å². The Morgan fingerprint density at radius 1 is 1.22 bits per heavy atom. The van der Waals surface area contributed by atoms with E-state index in [9.17, 15) is 0 Å². The van der Waals surface area contributed by atoms with E-state index in [4.69, 9.17) is 4.74 Å². The topological polar surface area (TPSA) is 47.0 Å². The van der Waals surface area contributed by atoms with Crippen molar-refractivity contribution in [2.24, 2.45) is 5.92 Å². The second kappa shape index (κ2) is 5.22. The van der Waals surface area contributed by atoms with Crippen LogP contribution in [-0.2, 0) is 13.0 Å². The highest BCUT2D eigenvalue weighted by atomic mass is 16.5. The van der Waals surface area contributed by atoms with Gasteiger partial charge < -0.3 is 10.1 Å². The highest BCUT2D eigenvalue weighted by Crippen LogP contribution is 2.28. The molecular weight excluding hydrogens is 226 g/mol. The molecule has 1 saturated carbocycles. The van der Waals surface area contributed by atoms with E-state index in [1.165, 1.54) is 18.4 Å². The van der Waals surface area contributed by atoms with E-state index in [0.29, 0.717) is 6.10 Å². The lowest BCUT2D eigenvalue weighted by molar-refractivity contribution is 0.128. The minimum absolute atomic E-state index is 0.349. The second-order valence-corrected chi connectivity index (χ2v) is 5.53. The summed E-state index contributed by atoms with van der Waals surface area (Å²) in [4.78, 5) is 8.69. The maximum atomic E-state index is 6.11. The molecular formula is C14H21N3O. The van der Waals surface area contributed by atoms with Crippen LogP contribution in [0.5, 0.6) is 5.88 Å². The lowest BCUT2D eigenvalue weighted by atomic mass is 9.89.